The highest BCUT2D eigenvalue weighted by atomic mass is 16.2. The van der Waals surface area contributed by atoms with Gasteiger partial charge in [-0.25, -0.2) is 4.98 Å². The van der Waals surface area contributed by atoms with Gasteiger partial charge in [0.25, 0.3) is 11.8 Å². The molecule has 0 atom stereocenters. The van der Waals surface area contributed by atoms with Gasteiger partial charge in [0.05, 0.1) is 5.56 Å². The summed E-state index contributed by atoms with van der Waals surface area (Å²) in [5, 5.41) is 6.07. The number of fused-ring (bicyclic) bond motifs is 1. The van der Waals surface area contributed by atoms with Crippen LogP contribution in [-0.4, -0.2) is 36.4 Å². The molecule has 2 N–H and O–H groups in total. The summed E-state index contributed by atoms with van der Waals surface area (Å²) in [6, 6.07) is 19.0. The van der Waals surface area contributed by atoms with E-state index in [9.17, 15) is 9.59 Å². The minimum absolute atomic E-state index is 0.0701. The normalized spacial score (nSPS) is 12.4. The first-order valence-corrected chi connectivity index (χ1v) is 10.1. The summed E-state index contributed by atoms with van der Waals surface area (Å²) in [6.07, 6.45) is 2.51. The van der Waals surface area contributed by atoms with Crippen LogP contribution in [0.5, 0.6) is 0 Å². The second kappa shape index (κ2) is 8.78. The van der Waals surface area contributed by atoms with Gasteiger partial charge < -0.3 is 15.5 Å². The zero-order chi connectivity index (χ0) is 20.9. The fraction of sp³-hybridized carbons (Fsp3) is 0.208. The summed E-state index contributed by atoms with van der Waals surface area (Å²) in [5.74, 6) is 0.332. The van der Waals surface area contributed by atoms with Crippen LogP contribution < -0.4 is 15.5 Å². The number of amides is 2. The lowest BCUT2D eigenvalue weighted by Gasteiger charge is -2.19. The molecule has 2 aromatic carbocycles. The third-order valence-electron chi connectivity index (χ3n) is 5.19. The van der Waals surface area contributed by atoms with Gasteiger partial charge in [0.1, 0.15) is 5.82 Å². The lowest BCUT2D eigenvalue weighted by molar-refractivity contribution is 0.0953. The standard InChI is InChI=1S/C24H24N4O2/c1-17-8-10-19(11-9-17)23(29)27-15-14-26-22-20(6-4-13-25-22)24(30)28-16-12-18-5-2-3-7-21(18)28/h2-11,13H,12,14-16H2,1H3,(H,25,26)(H,27,29). The topological polar surface area (TPSA) is 74.3 Å². The van der Waals surface area contributed by atoms with Gasteiger partial charge in [-0.1, -0.05) is 35.9 Å². The van der Waals surface area contributed by atoms with Gasteiger partial charge >= 0.3 is 0 Å². The summed E-state index contributed by atoms with van der Waals surface area (Å²) in [7, 11) is 0. The fourth-order valence-electron chi connectivity index (χ4n) is 3.58. The zero-order valence-corrected chi connectivity index (χ0v) is 16.9. The average Bonchev–Trinajstić information content (AvgIpc) is 3.21. The second-order valence-corrected chi connectivity index (χ2v) is 7.28. The molecule has 0 saturated carbocycles. The van der Waals surface area contributed by atoms with E-state index in [1.165, 1.54) is 5.56 Å². The molecular formula is C24H24N4O2. The Kier molecular flexibility index (Phi) is 5.75. The van der Waals surface area contributed by atoms with Crippen LogP contribution in [0, 0.1) is 6.92 Å². The number of rotatable bonds is 6. The highest BCUT2D eigenvalue weighted by Gasteiger charge is 2.26. The maximum Gasteiger partial charge on any atom is 0.262 e. The predicted octanol–water partition coefficient (Wildman–Crippen LogP) is 3.43. The number of anilines is 2. The number of pyridine rings is 1. The van der Waals surface area contributed by atoms with Crippen LogP contribution in [0.4, 0.5) is 11.5 Å². The first kappa shape index (κ1) is 19.6. The van der Waals surface area contributed by atoms with Crippen molar-refractivity contribution in [2.45, 2.75) is 13.3 Å². The van der Waals surface area contributed by atoms with Crippen LogP contribution in [0.15, 0.2) is 66.9 Å². The lowest BCUT2D eigenvalue weighted by atomic mass is 10.1. The number of carbonyl (C=O) groups is 2. The van der Waals surface area contributed by atoms with Gasteiger partial charge in [-0.3, -0.25) is 9.59 Å². The van der Waals surface area contributed by atoms with Crippen LogP contribution >= 0.6 is 0 Å². The lowest BCUT2D eigenvalue weighted by Crippen LogP contribution is -2.31. The van der Waals surface area contributed by atoms with E-state index >= 15 is 0 Å². The number of aryl methyl sites for hydroxylation is 1. The van der Waals surface area contributed by atoms with Gasteiger partial charge in [0, 0.05) is 37.1 Å². The van der Waals surface area contributed by atoms with Gasteiger partial charge in [-0.2, -0.15) is 0 Å². The van der Waals surface area contributed by atoms with Crippen LogP contribution in [0.3, 0.4) is 0 Å². The summed E-state index contributed by atoms with van der Waals surface area (Å²) in [5.41, 5.74) is 4.41. The minimum Gasteiger partial charge on any atom is -0.368 e. The summed E-state index contributed by atoms with van der Waals surface area (Å²) in [4.78, 5) is 31.5. The van der Waals surface area contributed by atoms with E-state index in [0.717, 1.165) is 17.7 Å². The van der Waals surface area contributed by atoms with Gasteiger partial charge in [-0.05, 0) is 49.2 Å². The van der Waals surface area contributed by atoms with Crippen molar-refractivity contribution in [3.8, 4) is 0 Å². The van der Waals surface area contributed by atoms with Crippen molar-refractivity contribution in [2.75, 3.05) is 29.9 Å². The number of hydrogen-bond donors (Lipinski definition) is 2. The number of nitrogens with one attached hydrogen (secondary N) is 2. The number of aromatic nitrogens is 1. The molecule has 6 nitrogen and oxygen atoms in total. The summed E-state index contributed by atoms with van der Waals surface area (Å²) < 4.78 is 0. The maximum absolute atomic E-state index is 13.2. The van der Waals surface area contributed by atoms with E-state index in [-0.39, 0.29) is 11.8 Å². The largest absolute Gasteiger partial charge is 0.368 e. The van der Waals surface area contributed by atoms with Crippen LogP contribution in [0.2, 0.25) is 0 Å². The number of hydrogen-bond acceptors (Lipinski definition) is 4. The van der Waals surface area contributed by atoms with E-state index in [1.54, 1.807) is 23.2 Å². The molecule has 3 aromatic rings. The first-order chi connectivity index (χ1) is 14.6. The van der Waals surface area contributed by atoms with Crippen molar-refractivity contribution in [1.29, 1.82) is 0 Å². The van der Waals surface area contributed by atoms with E-state index in [4.69, 9.17) is 0 Å². The molecule has 152 valence electrons. The Morgan fingerprint density at radius 2 is 1.80 bits per heavy atom. The smallest absolute Gasteiger partial charge is 0.262 e. The van der Waals surface area contributed by atoms with Crippen LogP contribution in [-0.2, 0) is 6.42 Å². The monoisotopic (exact) mass is 400 g/mol. The van der Waals surface area contributed by atoms with Crippen molar-refractivity contribution >= 4 is 23.3 Å². The van der Waals surface area contributed by atoms with Gasteiger partial charge in [0.15, 0.2) is 0 Å². The highest BCUT2D eigenvalue weighted by Crippen LogP contribution is 2.29. The molecule has 0 fully saturated rings. The summed E-state index contributed by atoms with van der Waals surface area (Å²) >= 11 is 0. The first-order valence-electron chi connectivity index (χ1n) is 10.1. The van der Waals surface area contributed by atoms with Crippen molar-refractivity contribution in [3.63, 3.8) is 0 Å². The molecule has 1 aliphatic rings. The molecule has 0 aliphatic carbocycles. The van der Waals surface area contributed by atoms with Crippen molar-refractivity contribution in [1.82, 2.24) is 10.3 Å². The maximum atomic E-state index is 13.2. The van der Waals surface area contributed by atoms with Crippen LogP contribution in [0.1, 0.15) is 31.8 Å². The quantitative estimate of drug-likeness (QED) is 0.622. The Hall–Kier alpha value is -3.67. The Bertz CT molecular complexity index is 1060. The van der Waals surface area contributed by atoms with E-state index in [0.29, 0.717) is 36.6 Å². The molecule has 4 rings (SSSR count). The number of nitrogens with zero attached hydrogens (tertiary/aromatic N) is 2. The molecule has 2 heterocycles. The molecular weight excluding hydrogens is 376 g/mol. The molecule has 0 spiro atoms. The fourth-order valence-corrected chi connectivity index (χ4v) is 3.58. The minimum atomic E-state index is -0.122. The third-order valence-corrected chi connectivity index (χ3v) is 5.19. The van der Waals surface area contributed by atoms with Gasteiger partial charge in [-0.15, -0.1) is 0 Å². The molecule has 30 heavy (non-hydrogen) atoms. The van der Waals surface area contributed by atoms with E-state index < -0.39 is 0 Å². The van der Waals surface area contributed by atoms with Gasteiger partial charge in [0.2, 0.25) is 0 Å². The average molecular weight is 400 g/mol. The Balaban J connectivity index is 1.37. The van der Waals surface area contributed by atoms with E-state index in [1.807, 2.05) is 49.4 Å². The molecule has 6 heteroatoms. The molecule has 0 saturated heterocycles. The Morgan fingerprint density at radius 1 is 1.00 bits per heavy atom. The number of benzene rings is 2. The van der Waals surface area contributed by atoms with Crippen molar-refractivity contribution < 1.29 is 9.59 Å². The molecule has 0 radical (unpaired) electrons. The molecule has 0 unspecified atom stereocenters. The molecule has 0 bridgehead atoms. The van der Waals surface area contributed by atoms with Crippen molar-refractivity contribution in [2.24, 2.45) is 0 Å². The predicted molar refractivity (Wildman–Crippen MR) is 118 cm³/mol. The van der Waals surface area contributed by atoms with Crippen molar-refractivity contribution in [3.05, 3.63) is 89.1 Å². The third kappa shape index (κ3) is 4.17. The molecule has 1 aliphatic heterocycles. The molecule has 1 aromatic heterocycles. The Labute approximate surface area is 175 Å². The summed E-state index contributed by atoms with van der Waals surface area (Å²) in [6.45, 7) is 3.53. The zero-order valence-electron chi connectivity index (χ0n) is 16.9. The van der Waals surface area contributed by atoms with E-state index in [2.05, 4.69) is 21.7 Å². The van der Waals surface area contributed by atoms with Crippen LogP contribution in [0.25, 0.3) is 0 Å². The molecule has 2 amide bonds. The second-order valence-electron chi connectivity index (χ2n) is 7.28. The SMILES string of the molecule is Cc1ccc(C(=O)NCCNc2ncccc2C(=O)N2CCc3ccccc32)cc1. The number of carbonyl (C=O) groups excluding carboxylic acids is 2. The Morgan fingerprint density at radius 3 is 2.63 bits per heavy atom. The number of para-hydroxylation sites is 1. The highest BCUT2D eigenvalue weighted by molar-refractivity contribution is 6.10.